The molecule has 0 N–H and O–H groups in total. The summed E-state index contributed by atoms with van der Waals surface area (Å²) in [5.74, 6) is 1.72. The van der Waals surface area contributed by atoms with E-state index in [2.05, 4.69) is 15.3 Å². The van der Waals surface area contributed by atoms with Crippen molar-refractivity contribution < 1.29 is 14.4 Å². The zero-order chi connectivity index (χ0) is 20.1. The average Bonchev–Trinajstić information content (AvgIpc) is 3.27. The van der Waals surface area contributed by atoms with Crippen LogP contribution in [-0.4, -0.2) is 50.3 Å². The lowest BCUT2D eigenvalue weighted by Gasteiger charge is -2.09. The van der Waals surface area contributed by atoms with Crippen molar-refractivity contribution in [3.05, 3.63) is 46.1 Å². The number of benzene rings is 1. The van der Waals surface area contributed by atoms with Crippen molar-refractivity contribution in [1.29, 1.82) is 0 Å². The number of aromatic nitrogens is 5. The van der Waals surface area contributed by atoms with Crippen LogP contribution in [0.5, 0.6) is 5.88 Å². The predicted molar refractivity (Wildman–Crippen MR) is 103 cm³/mol. The maximum Gasteiger partial charge on any atom is 0.269 e. The van der Waals surface area contributed by atoms with Gasteiger partial charge in [0.15, 0.2) is 11.0 Å². The Hall–Kier alpha value is -2.92. The summed E-state index contributed by atoms with van der Waals surface area (Å²) in [7, 11) is 5.01. The van der Waals surface area contributed by atoms with Crippen molar-refractivity contribution in [1.82, 2.24) is 24.5 Å². The number of methoxy groups -OCH3 is 2. The molecule has 3 rings (SSSR count). The molecule has 11 heteroatoms. The van der Waals surface area contributed by atoms with Gasteiger partial charge in [0.05, 0.1) is 25.2 Å². The monoisotopic (exact) mass is 404 g/mol. The largest absolute Gasteiger partial charge is 0.479 e. The Kier molecular flexibility index (Phi) is 6.26. The van der Waals surface area contributed by atoms with E-state index < -0.39 is 4.92 Å². The van der Waals surface area contributed by atoms with Crippen LogP contribution in [0.3, 0.4) is 0 Å². The average molecular weight is 404 g/mol. The topological polar surface area (TPSA) is 110 Å². The number of nitro benzene ring substituents is 1. The molecule has 0 aliphatic carbocycles. The van der Waals surface area contributed by atoms with Crippen LogP contribution in [0.2, 0.25) is 0 Å². The summed E-state index contributed by atoms with van der Waals surface area (Å²) in [5.41, 5.74) is 1.77. The van der Waals surface area contributed by atoms with Crippen LogP contribution < -0.4 is 4.74 Å². The lowest BCUT2D eigenvalue weighted by atomic mass is 10.2. The molecule has 0 radical (unpaired) electrons. The Morgan fingerprint density at radius 3 is 2.61 bits per heavy atom. The van der Waals surface area contributed by atoms with Gasteiger partial charge in [-0.25, -0.2) is 0 Å². The molecule has 28 heavy (non-hydrogen) atoms. The molecule has 0 amide bonds. The molecule has 0 saturated heterocycles. The first-order valence-corrected chi connectivity index (χ1v) is 9.38. The number of nitro groups is 1. The molecule has 3 aromatic rings. The third-order valence-electron chi connectivity index (χ3n) is 3.98. The van der Waals surface area contributed by atoms with E-state index in [0.717, 1.165) is 16.3 Å². The number of rotatable bonds is 9. The van der Waals surface area contributed by atoms with E-state index in [1.165, 1.54) is 23.9 Å². The van der Waals surface area contributed by atoms with Gasteiger partial charge in [0.25, 0.3) is 5.69 Å². The molecule has 0 aliphatic rings. The lowest BCUT2D eigenvalue weighted by molar-refractivity contribution is -0.384. The minimum Gasteiger partial charge on any atom is -0.479 e. The Labute approximate surface area is 165 Å². The van der Waals surface area contributed by atoms with Gasteiger partial charge in [-0.2, -0.15) is 0 Å². The van der Waals surface area contributed by atoms with Gasteiger partial charge >= 0.3 is 0 Å². The van der Waals surface area contributed by atoms with Gasteiger partial charge in [-0.3, -0.25) is 19.4 Å². The van der Waals surface area contributed by atoms with Crippen molar-refractivity contribution in [2.75, 3.05) is 20.8 Å². The van der Waals surface area contributed by atoms with E-state index in [0.29, 0.717) is 30.6 Å². The van der Waals surface area contributed by atoms with Crippen LogP contribution in [0, 0.1) is 10.1 Å². The first-order valence-electron chi connectivity index (χ1n) is 8.39. The molecule has 0 fully saturated rings. The molecule has 2 heterocycles. The number of nitrogens with zero attached hydrogens (tertiary/aromatic N) is 6. The summed E-state index contributed by atoms with van der Waals surface area (Å²) in [6, 6.07) is 6.48. The Morgan fingerprint density at radius 1 is 1.21 bits per heavy atom. The molecule has 0 atom stereocenters. The first-order chi connectivity index (χ1) is 13.5. The fourth-order valence-electron chi connectivity index (χ4n) is 2.61. The third kappa shape index (κ3) is 4.31. The standard InChI is InChI=1S/C17H20N6O4S/c1-21-10-14(16(20-21)27-3)15-18-19-17(22(15)8-9-26-2)28-11-12-4-6-13(7-5-12)23(24)25/h4-7,10H,8-9,11H2,1-3H3. The summed E-state index contributed by atoms with van der Waals surface area (Å²) in [6.45, 7) is 1.07. The van der Waals surface area contributed by atoms with Crippen LogP contribution in [0.15, 0.2) is 35.6 Å². The van der Waals surface area contributed by atoms with E-state index in [-0.39, 0.29) is 5.69 Å². The molecule has 0 aliphatic heterocycles. The predicted octanol–water partition coefficient (Wildman–Crippen LogP) is 2.53. The van der Waals surface area contributed by atoms with Gasteiger partial charge in [-0.05, 0) is 5.56 Å². The van der Waals surface area contributed by atoms with Crippen LogP contribution in [-0.2, 0) is 24.1 Å². The normalized spacial score (nSPS) is 11.0. The van der Waals surface area contributed by atoms with Crippen LogP contribution in [0.4, 0.5) is 5.69 Å². The van der Waals surface area contributed by atoms with E-state index in [1.54, 1.807) is 31.0 Å². The zero-order valence-electron chi connectivity index (χ0n) is 15.7. The van der Waals surface area contributed by atoms with E-state index in [1.807, 2.05) is 17.8 Å². The van der Waals surface area contributed by atoms with Gasteiger partial charge in [0, 0.05) is 38.2 Å². The second kappa shape index (κ2) is 8.85. The molecule has 10 nitrogen and oxygen atoms in total. The van der Waals surface area contributed by atoms with Crippen molar-refractivity contribution >= 4 is 17.4 Å². The van der Waals surface area contributed by atoms with Crippen LogP contribution >= 0.6 is 11.8 Å². The molecule has 0 unspecified atom stereocenters. The molecular formula is C17H20N6O4S. The highest BCUT2D eigenvalue weighted by Gasteiger charge is 2.20. The van der Waals surface area contributed by atoms with Crippen LogP contribution in [0.25, 0.3) is 11.4 Å². The number of non-ortho nitro benzene ring substituents is 1. The molecule has 0 bridgehead atoms. The summed E-state index contributed by atoms with van der Waals surface area (Å²) in [6.07, 6.45) is 1.83. The number of ether oxygens (including phenoxy) is 2. The maximum atomic E-state index is 10.8. The fraction of sp³-hybridized carbons (Fsp3) is 0.353. The summed E-state index contributed by atoms with van der Waals surface area (Å²) < 4.78 is 14.2. The minimum absolute atomic E-state index is 0.0722. The van der Waals surface area contributed by atoms with Gasteiger partial charge in [-0.1, -0.05) is 23.9 Å². The second-order valence-corrected chi connectivity index (χ2v) is 6.83. The highest BCUT2D eigenvalue weighted by atomic mass is 32.2. The molecular weight excluding hydrogens is 384 g/mol. The van der Waals surface area contributed by atoms with Gasteiger partial charge in [0.1, 0.15) is 5.56 Å². The molecule has 148 valence electrons. The van der Waals surface area contributed by atoms with Gasteiger partial charge in [-0.15, -0.1) is 15.3 Å². The summed E-state index contributed by atoms with van der Waals surface area (Å²) in [5, 5.41) is 24.4. The first kappa shape index (κ1) is 19.8. The molecule has 0 spiro atoms. The van der Waals surface area contributed by atoms with Crippen molar-refractivity contribution in [2.24, 2.45) is 7.05 Å². The summed E-state index contributed by atoms with van der Waals surface area (Å²) in [4.78, 5) is 10.4. The number of hydrogen-bond donors (Lipinski definition) is 0. The fourth-order valence-corrected chi connectivity index (χ4v) is 3.53. The van der Waals surface area contributed by atoms with E-state index in [4.69, 9.17) is 9.47 Å². The second-order valence-electron chi connectivity index (χ2n) is 5.89. The van der Waals surface area contributed by atoms with Crippen molar-refractivity contribution in [3.63, 3.8) is 0 Å². The summed E-state index contributed by atoms with van der Waals surface area (Å²) >= 11 is 1.50. The van der Waals surface area contributed by atoms with Gasteiger partial charge < -0.3 is 9.47 Å². The Bertz CT molecular complexity index is 953. The number of hydrogen-bond acceptors (Lipinski definition) is 8. The Balaban J connectivity index is 1.84. The van der Waals surface area contributed by atoms with Crippen LogP contribution in [0.1, 0.15) is 5.56 Å². The maximum absolute atomic E-state index is 10.8. The Morgan fingerprint density at radius 2 is 1.96 bits per heavy atom. The lowest BCUT2D eigenvalue weighted by Crippen LogP contribution is -2.07. The third-order valence-corrected chi connectivity index (χ3v) is 5.02. The van der Waals surface area contributed by atoms with E-state index in [9.17, 15) is 10.1 Å². The quantitative estimate of drug-likeness (QED) is 0.304. The highest BCUT2D eigenvalue weighted by Crippen LogP contribution is 2.31. The number of thioether (sulfide) groups is 1. The molecule has 2 aromatic heterocycles. The number of aryl methyl sites for hydroxylation is 1. The smallest absolute Gasteiger partial charge is 0.269 e. The van der Waals surface area contributed by atoms with E-state index >= 15 is 0 Å². The molecule has 1 aromatic carbocycles. The van der Waals surface area contributed by atoms with Crippen molar-refractivity contribution in [3.8, 4) is 17.3 Å². The highest BCUT2D eigenvalue weighted by molar-refractivity contribution is 7.98. The zero-order valence-corrected chi connectivity index (χ0v) is 16.5. The van der Waals surface area contributed by atoms with Crippen molar-refractivity contribution in [2.45, 2.75) is 17.5 Å². The van der Waals surface area contributed by atoms with Gasteiger partial charge in [0.2, 0.25) is 5.88 Å². The molecule has 0 saturated carbocycles. The minimum atomic E-state index is -0.411. The SMILES string of the molecule is COCCn1c(SCc2ccc([N+](=O)[O-])cc2)nnc1-c1cn(C)nc1OC.